The first kappa shape index (κ1) is 34.5. The zero-order chi connectivity index (χ0) is 35.1. The van der Waals surface area contributed by atoms with E-state index in [9.17, 15) is 32.7 Å². The van der Waals surface area contributed by atoms with Crippen molar-refractivity contribution in [2.75, 3.05) is 13.7 Å². The van der Waals surface area contributed by atoms with Crippen LogP contribution in [0.1, 0.15) is 58.8 Å². The summed E-state index contributed by atoms with van der Waals surface area (Å²) in [6.07, 6.45) is 6.39. The van der Waals surface area contributed by atoms with Gasteiger partial charge in [0.05, 0.1) is 25.1 Å². The highest BCUT2D eigenvalue weighted by atomic mass is 32.2. The number of carboxylic acid groups (broad SMARTS) is 1. The molecule has 1 aromatic heterocycles. The predicted octanol–water partition coefficient (Wildman–Crippen LogP) is 2.72. The zero-order valence-electron chi connectivity index (χ0n) is 27.8. The Morgan fingerprint density at radius 3 is 2.51 bits per heavy atom. The lowest BCUT2D eigenvalue weighted by atomic mass is 9.92. The minimum absolute atomic E-state index is 0.0173. The van der Waals surface area contributed by atoms with Crippen molar-refractivity contribution in [3.8, 4) is 11.6 Å². The number of carbonyl (C=O) groups is 4. The summed E-state index contributed by atoms with van der Waals surface area (Å²) in [4.78, 5) is 59.8. The van der Waals surface area contributed by atoms with Gasteiger partial charge in [0.25, 0.3) is 5.91 Å². The van der Waals surface area contributed by atoms with E-state index in [1.54, 1.807) is 6.92 Å². The van der Waals surface area contributed by atoms with E-state index < -0.39 is 68.7 Å². The molecule has 264 valence electrons. The minimum Gasteiger partial charge on any atom is -0.494 e. The van der Waals surface area contributed by atoms with E-state index in [2.05, 4.69) is 20.3 Å². The molecule has 4 N–H and O–H groups in total. The van der Waals surface area contributed by atoms with Crippen LogP contribution < -0.4 is 24.8 Å². The van der Waals surface area contributed by atoms with Crippen LogP contribution in [0.3, 0.4) is 0 Å². The number of hydrogen-bond donors (Lipinski definition) is 4. The number of allylic oxidation sites excluding steroid dienone is 1. The number of rotatable bonds is 7. The first-order chi connectivity index (χ1) is 23.3. The van der Waals surface area contributed by atoms with E-state index in [0.717, 1.165) is 11.8 Å². The Hall–Kier alpha value is -4.40. The van der Waals surface area contributed by atoms with Crippen molar-refractivity contribution in [1.29, 1.82) is 0 Å². The lowest BCUT2D eigenvalue weighted by Gasteiger charge is -2.31. The van der Waals surface area contributed by atoms with Gasteiger partial charge in [-0.3, -0.25) is 19.1 Å². The second-order valence-electron chi connectivity index (χ2n) is 13.8. The summed E-state index contributed by atoms with van der Waals surface area (Å²) < 4.78 is 39.5. The molecule has 4 amide bonds. The van der Waals surface area contributed by atoms with Gasteiger partial charge in [0.15, 0.2) is 0 Å². The van der Waals surface area contributed by atoms with Gasteiger partial charge in [-0.05, 0) is 50.0 Å². The third kappa shape index (κ3) is 7.17. The van der Waals surface area contributed by atoms with Crippen LogP contribution in [-0.4, -0.2) is 89.9 Å². The molecule has 0 bridgehead atoms. The summed E-state index contributed by atoms with van der Waals surface area (Å²) >= 11 is 0. The highest BCUT2D eigenvalue weighted by Gasteiger charge is 2.62. The zero-order valence-corrected chi connectivity index (χ0v) is 28.6. The second-order valence-corrected chi connectivity index (χ2v) is 15.8. The van der Waals surface area contributed by atoms with Gasteiger partial charge in [0.2, 0.25) is 27.7 Å². The van der Waals surface area contributed by atoms with Crippen molar-refractivity contribution < 1.29 is 42.2 Å². The third-order valence-electron chi connectivity index (χ3n) is 10.1. The molecule has 1 saturated heterocycles. The van der Waals surface area contributed by atoms with Crippen molar-refractivity contribution in [3.63, 3.8) is 0 Å². The van der Waals surface area contributed by atoms with Crippen LogP contribution in [0, 0.1) is 17.8 Å². The molecule has 6 rings (SSSR count). The predicted molar refractivity (Wildman–Crippen MR) is 178 cm³/mol. The third-order valence-corrected chi connectivity index (χ3v) is 12.0. The Labute approximate surface area is 285 Å². The lowest BCUT2D eigenvalue weighted by molar-refractivity contribution is -0.142. The fraction of sp³-hybridized carbons (Fsp3) is 0.559. The molecule has 2 aliphatic heterocycles. The van der Waals surface area contributed by atoms with E-state index in [1.807, 2.05) is 43.3 Å². The van der Waals surface area contributed by atoms with Crippen molar-refractivity contribution in [2.24, 2.45) is 17.8 Å². The van der Waals surface area contributed by atoms with Crippen molar-refractivity contribution in [1.82, 2.24) is 25.2 Å². The van der Waals surface area contributed by atoms with Crippen LogP contribution in [0.4, 0.5) is 4.79 Å². The number of fused-ring (bicyclic) bond motifs is 3. The maximum Gasteiger partial charge on any atom is 0.405 e. The van der Waals surface area contributed by atoms with Crippen LogP contribution in [0.25, 0.3) is 10.8 Å². The molecule has 2 aliphatic carbocycles. The number of sulfonamides is 1. The molecule has 7 atom stereocenters. The van der Waals surface area contributed by atoms with Gasteiger partial charge in [-0.1, -0.05) is 50.6 Å². The van der Waals surface area contributed by atoms with Gasteiger partial charge in [0, 0.05) is 23.1 Å². The molecule has 0 radical (unpaired) electrons. The molecule has 2 saturated carbocycles. The number of pyridine rings is 1. The molecular weight excluding hydrogens is 654 g/mol. The Morgan fingerprint density at radius 1 is 1.08 bits per heavy atom. The van der Waals surface area contributed by atoms with Gasteiger partial charge in [-0.25, -0.2) is 18.2 Å². The van der Waals surface area contributed by atoms with E-state index in [1.165, 1.54) is 18.2 Å². The topological polar surface area (TPSA) is 193 Å². The van der Waals surface area contributed by atoms with E-state index in [0.29, 0.717) is 36.8 Å². The summed E-state index contributed by atoms with van der Waals surface area (Å²) in [5, 5.41) is 15.7. The summed E-state index contributed by atoms with van der Waals surface area (Å²) in [6, 6.07) is 5.06. The van der Waals surface area contributed by atoms with Crippen molar-refractivity contribution in [3.05, 3.63) is 42.6 Å². The number of nitrogens with one attached hydrogen (secondary N) is 3. The highest BCUT2D eigenvalue weighted by Crippen LogP contribution is 2.46. The summed E-state index contributed by atoms with van der Waals surface area (Å²) in [5.41, 5.74) is -1.52. The lowest BCUT2D eigenvalue weighted by Crippen LogP contribution is -2.59. The first-order valence-corrected chi connectivity index (χ1v) is 18.3. The van der Waals surface area contributed by atoms with Gasteiger partial charge >= 0.3 is 6.09 Å². The van der Waals surface area contributed by atoms with Crippen LogP contribution in [-0.2, 0) is 24.4 Å². The quantitative estimate of drug-likeness (QED) is 0.313. The Morgan fingerprint density at radius 2 is 1.82 bits per heavy atom. The fourth-order valence-corrected chi connectivity index (χ4v) is 8.37. The van der Waals surface area contributed by atoms with Crippen LogP contribution in [0.2, 0.25) is 0 Å². The van der Waals surface area contributed by atoms with Crippen molar-refractivity contribution >= 4 is 44.6 Å². The standard InChI is InChI=1S/C34H43N5O9S/c1-19-7-6-8-20(2)28(36-33(43)44)31(41)39-18-22(48-30-25-10-5-4-9-24(25)27(47-3)17-35-30)15-26(39)29(40)37-34(16-21(34)12-11-19)32(42)38-49(45,46)23-13-14-23/h4-5,9-12,17,19-23,26,28,36H,6-8,13-16,18H2,1-3H3,(H,37,40)(H,38,42)(H,43,44)/t19-,20+,21+,22+,26-,28-,34+/m0/s1. The molecular formula is C34H43N5O9S. The maximum atomic E-state index is 14.3. The SMILES string of the molecule is COc1cnc(O[C@@H]2C[C@H]3C(=O)N[C@]4(C(=O)NS(=O)(=O)C5CC5)C[C@H]4C=C[C@@H](C)CCC[C@@H](C)[C@H](NC(=O)O)C(=O)N3C2)c2ccccc12. The molecule has 1 aromatic carbocycles. The Balaban J connectivity index is 1.34. The Kier molecular flexibility index (Phi) is 9.48. The molecule has 3 heterocycles. The second kappa shape index (κ2) is 13.5. The molecule has 49 heavy (non-hydrogen) atoms. The van der Waals surface area contributed by atoms with E-state index in [4.69, 9.17) is 9.47 Å². The fourth-order valence-electron chi connectivity index (χ4n) is 7.00. The number of hydrogen-bond acceptors (Lipinski definition) is 9. The van der Waals surface area contributed by atoms with E-state index >= 15 is 0 Å². The molecule has 3 fully saturated rings. The van der Waals surface area contributed by atoms with Gasteiger partial charge in [-0.2, -0.15) is 0 Å². The number of aromatic nitrogens is 1. The highest BCUT2D eigenvalue weighted by molar-refractivity contribution is 7.91. The molecule has 4 aliphatic rings. The first-order valence-electron chi connectivity index (χ1n) is 16.8. The van der Waals surface area contributed by atoms with E-state index in [-0.39, 0.29) is 37.1 Å². The normalized spacial score (nSPS) is 30.6. The van der Waals surface area contributed by atoms with Gasteiger partial charge in [-0.15, -0.1) is 0 Å². The van der Waals surface area contributed by atoms with Crippen molar-refractivity contribution in [2.45, 2.75) is 87.8 Å². The molecule has 15 heteroatoms. The average molecular weight is 698 g/mol. The average Bonchev–Trinajstić information content (AvgIpc) is 3.99. The summed E-state index contributed by atoms with van der Waals surface area (Å²) in [7, 11) is -2.36. The number of methoxy groups -OCH3 is 1. The molecule has 0 unspecified atom stereocenters. The van der Waals surface area contributed by atoms with Crippen LogP contribution >= 0.6 is 0 Å². The van der Waals surface area contributed by atoms with Gasteiger partial charge in [0.1, 0.15) is 29.5 Å². The monoisotopic (exact) mass is 697 g/mol. The molecule has 14 nitrogen and oxygen atoms in total. The summed E-state index contributed by atoms with van der Waals surface area (Å²) in [6.45, 7) is 3.76. The largest absolute Gasteiger partial charge is 0.494 e. The molecule has 0 spiro atoms. The number of carbonyl (C=O) groups excluding carboxylic acids is 3. The van der Waals surface area contributed by atoms with Crippen LogP contribution in [0.5, 0.6) is 11.6 Å². The van der Waals surface area contributed by atoms with Crippen LogP contribution in [0.15, 0.2) is 42.6 Å². The molecule has 2 aromatic rings. The minimum atomic E-state index is -3.90. The summed E-state index contributed by atoms with van der Waals surface area (Å²) in [5.74, 6) is -1.99. The smallest absolute Gasteiger partial charge is 0.405 e. The number of ether oxygens (including phenoxy) is 2. The van der Waals surface area contributed by atoms with Gasteiger partial charge < -0.3 is 30.1 Å². The number of nitrogens with zero attached hydrogens (tertiary/aromatic N) is 2. The number of amides is 4. The maximum absolute atomic E-state index is 14.3. The number of benzene rings is 1. The Bertz CT molecular complexity index is 1780.